The van der Waals surface area contributed by atoms with Gasteiger partial charge in [-0.25, -0.2) is 0 Å². The molecule has 0 aliphatic carbocycles. The number of carbonyl (C=O) groups excluding carboxylic acids is 1. The molecule has 0 spiro atoms. The first-order valence-corrected chi connectivity index (χ1v) is 5.31. The molecule has 1 saturated heterocycles. The Hall–Kier alpha value is -1.55. The highest BCUT2D eigenvalue weighted by Gasteiger charge is 2.30. The van der Waals surface area contributed by atoms with Crippen LogP contribution in [0.5, 0.6) is 5.75 Å². The van der Waals surface area contributed by atoms with Crippen LogP contribution in [0.3, 0.4) is 0 Å². The maximum Gasteiger partial charge on any atom is 0.310 e. The average molecular weight is 221 g/mol. The second-order valence-corrected chi connectivity index (χ2v) is 4.01. The predicted octanol–water partition coefficient (Wildman–Crippen LogP) is 1.22. The van der Waals surface area contributed by atoms with Gasteiger partial charge in [-0.2, -0.15) is 0 Å². The molecule has 2 atom stereocenters. The molecule has 1 aliphatic heterocycles. The Balaban J connectivity index is 2.03. The summed E-state index contributed by atoms with van der Waals surface area (Å²) in [5.74, 6) is 0.0313. The van der Waals surface area contributed by atoms with Gasteiger partial charge in [0.05, 0.1) is 13.0 Å². The molecular formula is C12H15NO3. The van der Waals surface area contributed by atoms with E-state index in [4.69, 9.17) is 4.74 Å². The lowest BCUT2D eigenvalue weighted by molar-refractivity contribution is -0.144. The van der Waals surface area contributed by atoms with E-state index in [9.17, 15) is 9.90 Å². The van der Waals surface area contributed by atoms with Crippen molar-refractivity contribution >= 4 is 5.97 Å². The molecule has 4 heteroatoms. The number of ether oxygens (including phenoxy) is 1. The summed E-state index contributed by atoms with van der Waals surface area (Å²) in [4.78, 5) is 11.3. The highest BCUT2D eigenvalue weighted by molar-refractivity contribution is 5.73. The Kier molecular flexibility index (Phi) is 3.10. The standard InChI is InChI=1S/C12H15NO3/c1-16-12(15)9-6-11(13-7-9)8-2-4-10(14)5-3-8/h2-5,9,11,13-14H,6-7H2,1H3. The summed E-state index contributed by atoms with van der Waals surface area (Å²) >= 11 is 0. The molecule has 2 rings (SSSR count). The van der Waals surface area contributed by atoms with E-state index >= 15 is 0 Å². The van der Waals surface area contributed by atoms with Crippen LogP contribution in [0.1, 0.15) is 18.0 Å². The summed E-state index contributed by atoms with van der Waals surface area (Å²) in [6, 6.07) is 7.22. The highest BCUT2D eigenvalue weighted by atomic mass is 16.5. The van der Waals surface area contributed by atoms with E-state index in [0.717, 1.165) is 12.0 Å². The highest BCUT2D eigenvalue weighted by Crippen LogP contribution is 2.28. The van der Waals surface area contributed by atoms with Crippen LogP contribution in [0.4, 0.5) is 0 Å². The van der Waals surface area contributed by atoms with E-state index < -0.39 is 0 Å². The molecule has 2 unspecified atom stereocenters. The molecule has 1 fully saturated rings. The molecule has 0 aromatic heterocycles. The van der Waals surface area contributed by atoms with Crippen LogP contribution in [0, 0.1) is 5.92 Å². The first kappa shape index (κ1) is 11.0. The first-order chi connectivity index (χ1) is 7.70. The summed E-state index contributed by atoms with van der Waals surface area (Å²) in [6.07, 6.45) is 0.747. The van der Waals surface area contributed by atoms with Crippen molar-refractivity contribution in [2.75, 3.05) is 13.7 Å². The van der Waals surface area contributed by atoms with Crippen molar-refractivity contribution in [2.45, 2.75) is 12.5 Å². The van der Waals surface area contributed by atoms with E-state index in [1.165, 1.54) is 7.11 Å². The minimum Gasteiger partial charge on any atom is -0.508 e. The minimum absolute atomic E-state index is 0.0659. The second-order valence-electron chi connectivity index (χ2n) is 4.01. The number of phenols is 1. The van der Waals surface area contributed by atoms with E-state index in [-0.39, 0.29) is 23.7 Å². The molecule has 1 aromatic rings. The van der Waals surface area contributed by atoms with Gasteiger partial charge in [-0.1, -0.05) is 12.1 Å². The van der Waals surface area contributed by atoms with Crippen molar-refractivity contribution in [3.8, 4) is 5.75 Å². The number of phenolic OH excluding ortho intramolecular Hbond substituents is 1. The van der Waals surface area contributed by atoms with Crippen LogP contribution >= 0.6 is 0 Å². The van der Waals surface area contributed by atoms with Crippen LogP contribution in [0.2, 0.25) is 0 Å². The summed E-state index contributed by atoms with van der Waals surface area (Å²) < 4.78 is 4.72. The van der Waals surface area contributed by atoms with Crippen LogP contribution in [0.25, 0.3) is 0 Å². The predicted molar refractivity (Wildman–Crippen MR) is 59.0 cm³/mol. The number of rotatable bonds is 2. The lowest BCUT2D eigenvalue weighted by atomic mass is 10.0. The third-order valence-corrected chi connectivity index (χ3v) is 2.96. The van der Waals surface area contributed by atoms with Crippen LogP contribution < -0.4 is 5.32 Å². The van der Waals surface area contributed by atoms with Crippen molar-refractivity contribution in [2.24, 2.45) is 5.92 Å². The van der Waals surface area contributed by atoms with E-state index in [2.05, 4.69) is 5.32 Å². The molecule has 1 heterocycles. The topological polar surface area (TPSA) is 58.6 Å². The fourth-order valence-electron chi connectivity index (χ4n) is 2.04. The lowest BCUT2D eigenvalue weighted by Gasteiger charge is -2.10. The number of esters is 1. The Labute approximate surface area is 94.2 Å². The normalized spacial score (nSPS) is 24.3. The van der Waals surface area contributed by atoms with Crippen LogP contribution in [-0.2, 0) is 9.53 Å². The van der Waals surface area contributed by atoms with Crippen LogP contribution in [0.15, 0.2) is 24.3 Å². The van der Waals surface area contributed by atoms with Gasteiger partial charge in [-0.05, 0) is 24.1 Å². The van der Waals surface area contributed by atoms with Gasteiger partial charge in [0.25, 0.3) is 0 Å². The number of aromatic hydroxyl groups is 1. The van der Waals surface area contributed by atoms with Gasteiger partial charge in [0.15, 0.2) is 0 Å². The zero-order chi connectivity index (χ0) is 11.5. The van der Waals surface area contributed by atoms with Gasteiger partial charge in [0, 0.05) is 12.6 Å². The molecule has 0 saturated carbocycles. The Morgan fingerprint density at radius 1 is 1.44 bits per heavy atom. The molecule has 0 radical (unpaired) electrons. The molecule has 0 amide bonds. The monoisotopic (exact) mass is 221 g/mol. The summed E-state index contributed by atoms with van der Waals surface area (Å²) in [5, 5.41) is 12.5. The molecule has 0 bridgehead atoms. The van der Waals surface area contributed by atoms with Gasteiger partial charge < -0.3 is 15.2 Å². The molecule has 4 nitrogen and oxygen atoms in total. The maximum atomic E-state index is 11.3. The lowest BCUT2D eigenvalue weighted by Crippen LogP contribution is -2.19. The molecule has 1 aliphatic rings. The quantitative estimate of drug-likeness (QED) is 0.737. The van der Waals surface area contributed by atoms with Crippen molar-refractivity contribution in [1.29, 1.82) is 0 Å². The zero-order valence-corrected chi connectivity index (χ0v) is 9.14. The third kappa shape index (κ3) is 2.17. The first-order valence-electron chi connectivity index (χ1n) is 5.31. The summed E-state index contributed by atoms with van der Waals surface area (Å²) in [5.41, 5.74) is 1.09. The zero-order valence-electron chi connectivity index (χ0n) is 9.14. The third-order valence-electron chi connectivity index (χ3n) is 2.96. The number of hydrogen-bond donors (Lipinski definition) is 2. The molecule has 2 N–H and O–H groups in total. The number of methoxy groups -OCH3 is 1. The van der Waals surface area contributed by atoms with Gasteiger partial charge in [0.1, 0.15) is 5.75 Å². The fraction of sp³-hybridized carbons (Fsp3) is 0.417. The molecule has 1 aromatic carbocycles. The van der Waals surface area contributed by atoms with Gasteiger partial charge in [-0.15, -0.1) is 0 Å². The van der Waals surface area contributed by atoms with E-state index in [0.29, 0.717) is 6.54 Å². The van der Waals surface area contributed by atoms with Crippen LogP contribution in [-0.4, -0.2) is 24.7 Å². The second kappa shape index (κ2) is 4.53. The number of hydrogen-bond acceptors (Lipinski definition) is 4. The van der Waals surface area contributed by atoms with Crippen molar-refractivity contribution < 1.29 is 14.6 Å². The van der Waals surface area contributed by atoms with E-state index in [1.54, 1.807) is 12.1 Å². The van der Waals surface area contributed by atoms with Gasteiger partial charge in [0.2, 0.25) is 0 Å². The Morgan fingerprint density at radius 2 is 2.12 bits per heavy atom. The van der Waals surface area contributed by atoms with Crippen molar-refractivity contribution in [1.82, 2.24) is 5.32 Å². The number of carbonyl (C=O) groups is 1. The molecule has 86 valence electrons. The maximum absolute atomic E-state index is 11.3. The van der Waals surface area contributed by atoms with Gasteiger partial charge >= 0.3 is 5.97 Å². The van der Waals surface area contributed by atoms with Crippen molar-refractivity contribution in [3.05, 3.63) is 29.8 Å². The summed E-state index contributed by atoms with van der Waals surface area (Å²) in [6.45, 7) is 0.651. The number of benzene rings is 1. The smallest absolute Gasteiger partial charge is 0.310 e. The molecule has 16 heavy (non-hydrogen) atoms. The van der Waals surface area contributed by atoms with E-state index in [1.807, 2.05) is 12.1 Å². The Bertz CT molecular complexity index is 374. The molecular weight excluding hydrogens is 206 g/mol. The largest absolute Gasteiger partial charge is 0.508 e. The summed E-state index contributed by atoms with van der Waals surface area (Å²) in [7, 11) is 1.41. The van der Waals surface area contributed by atoms with Crippen molar-refractivity contribution in [3.63, 3.8) is 0 Å². The SMILES string of the molecule is COC(=O)C1CNC(c2ccc(O)cc2)C1. The minimum atomic E-state index is -0.159. The average Bonchev–Trinajstić information content (AvgIpc) is 2.78. The Morgan fingerprint density at radius 3 is 2.75 bits per heavy atom. The fourth-order valence-corrected chi connectivity index (χ4v) is 2.04. The number of nitrogens with one attached hydrogen (secondary N) is 1. The van der Waals surface area contributed by atoms with Gasteiger partial charge in [-0.3, -0.25) is 4.79 Å².